The second-order valence-corrected chi connectivity index (χ2v) is 2.63. The standard InChI is InChI=1S/C10H18O2/c1-3-4-5-6-7-8-9-12-10(2)11/h6-11H,3-5H2,1-2H3. The average molecular weight is 170 g/mol. The van der Waals surface area contributed by atoms with E-state index < -0.39 is 6.29 Å². The van der Waals surface area contributed by atoms with Gasteiger partial charge in [-0.15, -0.1) is 0 Å². The van der Waals surface area contributed by atoms with Gasteiger partial charge in [0.05, 0.1) is 6.26 Å². The summed E-state index contributed by atoms with van der Waals surface area (Å²) in [6.45, 7) is 3.74. The van der Waals surface area contributed by atoms with Crippen LogP contribution in [-0.2, 0) is 4.74 Å². The lowest BCUT2D eigenvalue weighted by Crippen LogP contribution is -1.99. The quantitative estimate of drug-likeness (QED) is 0.287. The van der Waals surface area contributed by atoms with E-state index in [1.807, 2.05) is 6.08 Å². The molecule has 0 amide bonds. The predicted octanol–water partition coefficient (Wildman–Crippen LogP) is 2.60. The first-order chi connectivity index (χ1) is 5.77. The number of aliphatic hydroxyl groups excluding tert-OH is 1. The Morgan fingerprint density at radius 1 is 1.42 bits per heavy atom. The molecule has 0 aliphatic rings. The monoisotopic (exact) mass is 170 g/mol. The number of unbranched alkanes of at least 4 members (excludes halogenated alkanes) is 2. The van der Waals surface area contributed by atoms with E-state index >= 15 is 0 Å². The Hall–Kier alpha value is -0.760. The molecule has 1 atom stereocenters. The summed E-state index contributed by atoms with van der Waals surface area (Å²) in [6, 6.07) is 0. The molecule has 70 valence electrons. The Morgan fingerprint density at radius 3 is 2.75 bits per heavy atom. The van der Waals surface area contributed by atoms with Crippen molar-refractivity contribution >= 4 is 0 Å². The number of aliphatic hydroxyl groups is 1. The Labute approximate surface area is 74.6 Å². The Morgan fingerprint density at radius 2 is 2.17 bits per heavy atom. The molecule has 0 radical (unpaired) electrons. The van der Waals surface area contributed by atoms with Gasteiger partial charge < -0.3 is 9.84 Å². The molecule has 0 saturated heterocycles. The third-order valence-electron chi connectivity index (χ3n) is 1.33. The highest BCUT2D eigenvalue weighted by atomic mass is 16.6. The maximum atomic E-state index is 8.70. The van der Waals surface area contributed by atoms with Gasteiger partial charge in [0.2, 0.25) is 0 Å². The summed E-state index contributed by atoms with van der Waals surface area (Å²) in [5.74, 6) is 0. The Balaban J connectivity index is 3.27. The van der Waals surface area contributed by atoms with E-state index in [0.717, 1.165) is 6.42 Å². The van der Waals surface area contributed by atoms with Gasteiger partial charge in [0.25, 0.3) is 0 Å². The fourth-order valence-electron chi connectivity index (χ4n) is 0.701. The number of hydrogen-bond donors (Lipinski definition) is 1. The lowest BCUT2D eigenvalue weighted by Gasteiger charge is -1.99. The molecule has 2 nitrogen and oxygen atoms in total. The molecule has 0 aromatic heterocycles. The summed E-state index contributed by atoms with van der Waals surface area (Å²) in [4.78, 5) is 0. The number of rotatable bonds is 6. The molecular weight excluding hydrogens is 152 g/mol. The Bertz CT molecular complexity index is 137. The van der Waals surface area contributed by atoms with E-state index in [4.69, 9.17) is 9.84 Å². The smallest absolute Gasteiger partial charge is 0.193 e. The van der Waals surface area contributed by atoms with Crippen molar-refractivity contribution in [3.8, 4) is 0 Å². The van der Waals surface area contributed by atoms with Gasteiger partial charge in [-0.2, -0.15) is 0 Å². The van der Waals surface area contributed by atoms with Crippen LogP contribution in [0.25, 0.3) is 0 Å². The third-order valence-corrected chi connectivity index (χ3v) is 1.33. The number of allylic oxidation sites excluding steroid dienone is 3. The van der Waals surface area contributed by atoms with Crippen LogP contribution in [0.15, 0.2) is 24.5 Å². The molecule has 0 aromatic rings. The van der Waals surface area contributed by atoms with E-state index in [1.54, 1.807) is 13.0 Å². The van der Waals surface area contributed by atoms with E-state index in [2.05, 4.69) is 13.0 Å². The van der Waals surface area contributed by atoms with Crippen molar-refractivity contribution in [1.29, 1.82) is 0 Å². The molecule has 0 aliphatic carbocycles. The largest absolute Gasteiger partial charge is 0.473 e. The zero-order chi connectivity index (χ0) is 9.23. The molecule has 0 aromatic carbocycles. The minimum absolute atomic E-state index is 0.717. The number of ether oxygens (including phenoxy) is 1. The van der Waals surface area contributed by atoms with Crippen LogP contribution in [0.4, 0.5) is 0 Å². The molecule has 0 aliphatic heterocycles. The maximum Gasteiger partial charge on any atom is 0.193 e. The van der Waals surface area contributed by atoms with Crippen LogP contribution in [0.2, 0.25) is 0 Å². The maximum absolute atomic E-state index is 8.70. The summed E-state index contributed by atoms with van der Waals surface area (Å²) in [5, 5.41) is 8.70. The lowest BCUT2D eigenvalue weighted by molar-refractivity contribution is -0.0349. The highest BCUT2D eigenvalue weighted by Crippen LogP contribution is 1.95. The first-order valence-corrected chi connectivity index (χ1v) is 4.42. The SMILES string of the molecule is CCCCC=CC=COC(C)O. The second-order valence-electron chi connectivity index (χ2n) is 2.63. The first kappa shape index (κ1) is 11.2. The van der Waals surface area contributed by atoms with Crippen molar-refractivity contribution < 1.29 is 9.84 Å². The molecule has 0 fully saturated rings. The summed E-state index contributed by atoms with van der Waals surface area (Å²) in [6.07, 6.45) is 10.1. The van der Waals surface area contributed by atoms with Gasteiger partial charge in [0.15, 0.2) is 6.29 Å². The normalized spacial score (nSPS) is 14.2. The molecule has 0 bridgehead atoms. The minimum atomic E-state index is -0.717. The predicted molar refractivity (Wildman–Crippen MR) is 50.6 cm³/mol. The summed E-state index contributed by atoms with van der Waals surface area (Å²) in [5.41, 5.74) is 0. The molecule has 1 unspecified atom stereocenters. The molecule has 0 saturated carbocycles. The van der Waals surface area contributed by atoms with Gasteiger partial charge in [-0.3, -0.25) is 0 Å². The van der Waals surface area contributed by atoms with Crippen molar-refractivity contribution in [2.24, 2.45) is 0 Å². The topological polar surface area (TPSA) is 29.5 Å². The lowest BCUT2D eigenvalue weighted by atomic mass is 10.2. The minimum Gasteiger partial charge on any atom is -0.473 e. The van der Waals surface area contributed by atoms with Gasteiger partial charge in [0.1, 0.15) is 0 Å². The summed E-state index contributed by atoms with van der Waals surface area (Å²) in [7, 11) is 0. The molecule has 0 rings (SSSR count). The van der Waals surface area contributed by atoms with Crippen LogP contribution in [0.1, 0.15) is 33.1 Å². The Kier molecular flexibility index (Phi) is 7.81. The summed E-state index contributed by atoms with van der Waals surface area (Å²) < 4.78 is 4.77. The van der Waals surface area contributed by atoms with E-state index in [-0.39, 0.29) is 0 Å². The second kappa shape index (κ2) is 8.34. The van der Waals surface area contributed by atoms with Gasteiger partial charge >= 0.3 is 0 Å². The first-order valence-electron chi connectivity index (χ1n) is 4.42. The van der Waals surface area contributed by atoms with Crippen molar-refractivity contribution in [3.63, 3.8) is 0 Å². The van der Waals surface area contributed by atoms with Gasteiger partial charge in [-0.1, -0.05) is 31.9 Å². The van der Waals surface area contributed by atoms with E-state index in [9.17, 15) is 0 Å². The van der Waals surface area contributed by atoms with Crippen LogP contribution in [0.3, 0.4) is 0 Å². The van der Waals surface area contributed by atoms with Crippen molar-refractivity contribution in [1.82, 2.24) is 0 Å². The fraction of sp³-hybridized carbons (Fsp3) is 0.600. The zero-order valence-electron chi connectivity index (χ0n) is 7.86. The molecule has 0 heterocycles. The third kappa shape index (κ3) is 9.24. The van der Waals surface area contributed by atoms with Gasteiger partial charge in [-0.25, -0.2) is 0 Å². The molecule has 0 spiro atoms. The van der Waals surface area contributed by atoms with Gasteiger partial charge in [0, 0.05) is 0 Å². The van der Waals surface area contributed by atoms with Crippen LogP contribution in [-0.4, -0.2) is 11.4 Å². The van der Waals surface area contributed by atoms with Crippen LogP contribution < -0.4 is 0 Å². The van der Waals surface area contributed by atoms with Crippen molar-refractivity contribution in [2.75, 3.05) is 0 Å². The highest BCUT2D eigenvalue weighted by Gasteiger charge is 1.84. The summed E-state index contributed by atoms with van der Waals surface area (Å²) >= 11 is 0. The van der Waals surface area contributed by atoms with Crippen molar-refractivity contribution in [2.45, 2.75) is 39.4 Å². The fourth-order valence-corrected chi connectivity index (χ4v) is 0.701. The van der Waals surface area contributed by atoms with E-state index in [1.165, 1.54) is 19.1 Å². The molecule has 12 heavy (non-hydrogen) atoms. The highest BCUT2D eigenvalue weighted by molar-refractivity contribution is 4.99. The molecular formula is C10H18O2. The zero-order valence-corrected chi connectivity index (χ0v) is 7.86. The molecule has 1 N–H and O–H groups in total. The van der Waals surface area contributed by atoms with Crippen LogP contribution in [0, 0.1) is 0 Å². The van der Waals surface area contributed by atoms with Crippen molar-refractivity contribution in [3.05, 3.63) is 24.5 Å². The number of hydrogen-bond acceptors (Lipinski definition) is 2. The van der Waals surface area contributed by atoms with Gasteiger partial charge in [-0.05, 0) is 19.4 Å². The van der Waals surface area contributed by atoms with Crippen LogP contribution >= 0.6 is 0 Å². The average Bonchev–Trinajstić information content (AvgIpc) is 2.02. The molecule has 2 heteroatoms. The van der Waals surface area contributed by atoms with Crippen LogP contribution in [0.5, 0.6) is 0 Å². The van der Waals surface area contributed by atoms with E-state index in [0.29, 0.717) is 0 Å².